The summed E-state index contributed by atoms with van der Waals surface area (Å²) in [5, 5.41) is 0. The van der Waals surface area contributed by atoms with Gasteiger partial charge in [0.1, 0.15) is 12.0 Å². The molecule has 21 heavy (non-hydrogen) atoms. The van der Waals surface area contributed by atoms with Crippen LogP contribution in [0.5, 0.6) is 5.75 Å². The highest BCUT2D eigenvalue weighted by Gasteiger charge is 2.18. The lowest BCUT2D eigenvalue weighted by atomic mass is 10.1. The van der Waals surface area contributed by atoms with E-state index in [9.17, 15) is 4.79 Å². The van der Waals surface area contributed by atoms with Crippen LogP contribution in [0.4, 0.5) is 0 Å². The van der Waals surface area contributed by atoms with Gasteiger partial charge in [0.05, 0.1) is 7.11 Å². The van der Waals surface area contributed by atoms with Gasteiger partial charge < -0.3 is 9.64 Å². The van der Waals surface area contributed by atoms with E-state index in [4.69, 9.17) is 4.74 Å². The minimum atomic E-state index is 0.712. The minimum absolute atomic E-state index is 0.712. The van der Waals surface area contributed by atoms with Crippen LogP contribution in [0, 0.1) is 5.92 Å². The van der Waals surface area contributed by atoms with Crippen LogP contribution < -0.4 is 4.74 Å². The molecule has 0 amide bonds. The van der Waals surface area contributed by atoms with E-state index in [0.29, 0.717) is 5.56 Å². The first-order valence-corrected chi connectivity index (χ1v) is 7.69. The molecule has 4 nitrogen and oxygen atoms in total. The van der Waals surface area contributed by atoms with Gasteiger partial charge in [-0.15, -0.1) is 0 Å². The first-order valence-electron chi connectivity index (χ1n) is 7.69. The van der Waals surface area contributed by atoms with Crippen LogP contribution in [0.15, 0.2) is 18.2 Å². The summed E-state index contributed by atoms with van der Waals surface area (Å²) < 4.78 is 5.41. The molecule has 116 valence electrons. The molecule has 1 aromatic carbocycles. The summed E-state index contributed by atoms with van der Waals surface area (Å²) in [4.78, 5) is 15.9. The molecule has 1 saturated heterocycles. The van der Waals surface area contributed by atoms with Crippen molar-refractivity contribution < 1.29 is 9.53 Å². The highest BCUT2D eigenvalue weighted by Crippen LogP contribution is 2.21. The van der Waals surface area contributed by atoms with Gasteiger partial charge in [0.15, 0.2) is 0 Å². The number of carbonyl (C=O) groups excluding carboxylic acids is 1. The summed E-state index contributed by atoms with van der Waals surface area (Å²) in [6, 6.07) is 5.62. The fourth-order valence-corrected chi connectivity index (χ4v) is 2.88. The van der Waals surface area contributed by atoms with Crippen LogP contribution in [0.2, 0.25) is 0 Å². The molecule has 1 fully saturated rings. The van der Waals surface area contributed by atoms with Crippen LogP contribution in [-0.4, -0.2) is 55.9 Å². The van der Waals surface area contributed by atoms with E-state index >= 15 is 0 Å². The Kier molecular flexibility index (Phi) is 5.76. The van der Waals surface area contributed by atoms with Gasteiger partial charge in [0.25, 0.3) is 0 Å². The van der Waals surface area contributed by atoms with Gasteiger partial charge in [-0.25, -0.2) is 0 Å². The molecule has 0 spiro atoms. The molecular weight excluding hydrogens is 264 g/mol. The van der Waals surface area contributed by atoms with E-state index in [2.05, 4.69) is 23.6 Å². The molecule has 1 heterocycles. The van der Waals surface area contributed by atoms with Crippen molar-refractivity contribution in [3.63, 3.8) is 0 Å². The highest BCUT2D eigenvalue weighted by molar-refractivity contribution is 5.75. The van der Waals surface area contributed by atoms with Gasteiger partial charge in [-0.1, -0.05) is 13.8 Å². The third kappa shape index (κ3) is 4.55. The lowest BCUT2D eigenvalue weighted by Crippen LogP contribution is -2.46. The van der Waals surface area contributed by atoms with Crippen molar-refractivity contribution in [2.75, 3.05) is 39.8 Å². The molecule has 0 saturated carbocycles. The van der Waals surface area contributed by atoms with Gasteiger partial charge in [-0.2, -0.15) is 0 Å². The normalized spacial score (nSPS) is 17.1. The average Bonchev–Trinajstić information content (AvgIpc) is 2.48. The number of carbonyl (C=O) groups is 1. The topological polar surface area (TPSA) is 32.8 Å². The standard InChI is InChI=1S/C17H26N2O2/c1-14(2)11-18-6-8-19(9-7-18)12-16-10-15(13-20)4-5-17(16)21-3/h4-5,10,13-14H,6-9,11-12H2,1-3H3. The second-order valence-electron chi connectivity index (χ2n) is 6.16. The highest BCUT2D eigenvalue weighted by atomic mass is 16.5. The molecule has 0 atom stereocenters. The van der Waals surface area contributed by atoms with E-state index in [-0.39, 0.29) is 0 Å². The fraction of sp³-hybridized carbons (Fsp3) is 0.588. The number of piperazine rings is 1. The Balaban J connectivity index is 1.95. The van der Waals surface area contributed by atoms with Crippen molar-refractivity contribution in [3.8, 4) is 5.75 Å². The van der Waals surface area contributed by atoms with Crippen LogP contribution >= 0.6 is 0 Å². The summed E-state index contributed by atoms with van der Waals surface area (Å²) in [6.45, 7) is 10.9. The Morgan fingerprint density at radius 3 is 2.43 bits per heavy atom. The molecule has 1 aromatic rings. The molecule has 0 bridgehead atoms. The van der Waals surface area contributed by atoms with Crippen molar-refractivity contribution in [2.24, 2.45) is 5.92 Å². The van der Waals surface area contributed by atoms with E-state index in [1.807, 2.05) is 12.1 Å². The first kappa shape index (κ1) is 16.0. The summed E-state index contributed by atoms with van der Waals surface area (Å²) >= 11 is 0. The van der Waals surface area contributed by atoms with Crippen molar-refractivity contribution in [2.45, 2.75) is 20.4 Å². The lowest BCUT2D eigenvalue weighted by Gasteiger charge is -2.35. The minimum Gasteiger partial charge on any atom is -0.496 e. The van der Waals surface area contributed by atoms with E-state index in [1.54, 1.807) is 13.2 Å². The molecule has 0 aromatic heterocycles. The quantitative estimate of drug-likeness (QED) is 0.753. The lowest BCUT2D eigenvalue weighted by molar-refractivity contribution is 0.112. The van der Waals surface area contributed by atoms with Crippen LogP contribution in [0.25, 0.3) is 0 Å². The molecule has 1 aliphatic rings. The van der Waals surface area contributed by atoms with E-state index in [1.165, 1.54) is 6.54 Å². The molecule has 1 aliphatic heterocycles. The number of methoxy groups -OCH3 is 1. The van der Waals surface area contributed by atoms with Crippen molar-refractivity contribution in [3.05, 3.63) is 29.3 Å². The Hall–Kier alpha value is -1.39. The number of hydrogen-bond acceptors (Lipinski definition) is 4. The molecule has 4 heteroatoms. The summed E-state index contributed by atoms with van der Waals surface area (Å²) in [7, 11) is 1.68. The fourth-order valence-electron chi connectivity index (χ4n) is 2.88. The number of ether oxygens (including phenoxy) is 1. The summed E-state index contributed by atoms with van der Waals surface area (Å²) in [5.41, 5.74) is 1.81. The number of benzene rings is 1. The SMILES string of the molecule is COc1ccc(C=O)cc1CN1CCN(CC(C)C)CC1. The second kappa shape index (κ2) is 7.57. The van der Waals surface area contributed by atoms with Gasteiger partial charge >= 0.3 is 0 Å². The maximum Gasteiger partial charge on any atom is 0.150 e. The van der Waals surface area contributed by atoms with Gasteiger partial charge in [-0.3, -0.25) is 9.69 Å². The number of aldehydes is 1. The third-order valence-corrected chi connectivity index (χ3v) is 3.92. The van der Waals surface area contributed by atoms with Crippen LogP contribution in [-0.2, 0) is 6.54 Å². The number of hydrogen-bond donors (Lipinski definition) is 0. The van der Waals surface area contributed by atoms with Gasteiger partial charge in [-0.05, 0) is 24.1 Å². The maximum absolute atomic E-state index is 10.9. The monoisotopic (exact) mass is 290 g/mol. The zero-order valence-corrected chi connectivity index (χ0v) is 13.3. The number of rotatable bonds is 6. The van der Waals surface area contributed by atoms with Gasteiger partial charge in [0.2, 0.25) is 0 Å². The summed E-state index contributed by atoms with van der Waals surface area (Å²) in [6.07, 6.45) is 0.892. The molecule has 0 radical (unpaired) electrons. The summed E-state index contributed by atoms with van der Waals surface area (Å²) in [5.74, 6) is 1.59. The van der Waals surface area contributed by atoms with Gasteiger partial charge in [0, 0.05) is 50.4 Å². The predicted octanol–water partition coefficient (Wildman–Crippen LogP) is 2.28. The van der Waals surface area contributed by atoms with Crippen molar-refractivity contribution in [1.82, 2.24) is 9.80 Å². The Labute approximate surface area is 127 Å². The smallest absolute Gasteiger partial charge is 0.150 e. The first-order chi connectivity index (χ1) is 10.1. The van der Waals surface area contributed by atoms with E-state index in [0.717, 1.165) is 56.2 Å². The molecule has 0 unspecified atom stereocenters. The second-order valence-corrected chi connectivity index (χ2v) is 6.16. The molecule has 0 N–H and O–H groups in total. The van der Waals surface area contributed by atoms with E-state index < -0.39 is 0 Å². The van der Waals surface area contributed by atoms with Crippen LogP contribution in [0.3, 0.4) is 0 Å². The zero-order valence-electron chi connectivity index (χ0n) is 13.3. The third-order valence-electron chi connectivity index (χ3n) is 3.92. The predicted molar refractivity (Wildman–Crippen MR) is 84.9 cm³/mol. The average molecular weight is 290 g/mol. The van der Waals surface area contributed by atoms with Crippen molar-refractivity contribution >= 4 is 6.29 Å². The Bertz CT molecular complexity index is 466. The molecule has 0 aliphatic carbocycles. The molecular formula is C17H26N2O2. The largest absolute Gasteiger partial charge is 0.496 e. The van der Waals surface area contributed by atoms with Crippen LogP contribution in [0.1, 0.15) is 29.8 Å². The molecule has 2 rings (SSSR count). The number of nitrogens with zero attached hydrogens (tertiary/aromatic N) is 2. The Morgan fingerprint density at radius 1 is 1.19 bits per heavy atom. The van der Waals surface area contributed by atoms with Crippen molar-refractivity contribution in [1.29, 1.82) is 0 Å². The Morgan fingerprint density at radius 2 is 1.86 bits per heavy atom. The maximum atomic E-state index is 10.9. The zero-order chi connectivity index (χ0) is 15.2.